The van der Waals surface area contributed by atoms with Crippen molar-refractivity contribution in [3.8, 4) is 5.75 Å². The molecule has 0 heterocycles. The second kappa shape index (κ2) is 4.84. The van der Waals surface area contributed by atoms with E-state index in [9.17, 15) is 4.39 Å². The van der Waals surface area contributed by atoms with Crippen molar-refractivity contribution in [3.63, 3.8) is 0 Å². The Balaban J connectivity index is 3.26. The Morgan fingerprint density at radius 2 is 2.00 bits per heavy atom. The van der Waals surface area contributed by atoms with Crippen molar-refractivity contribution in [2.24, 2.45) is 0 Å². The van der Waals surface area contributed by atoms with E-state index in [1.54, 1.807) is 0 Å². The molecule has 0 fully saturated rings. The van der Waals surface area contributed by atoms with Crippen LogP contribution in [0.25, 0.3) is 0 Å². The quantitative estimate of drug-likeness (QED) is 0.838. The molecule has 1 rings (SSSR count). The zero-order chi connectivity index (χ0) is 11.6. The van der Waals surface area contributed by atoms with Gasteiger partial charge in [-0.3, -0.25) is 0 Å². The zero-order valence-corrected chi connectivity index (χ0v) is 10.9. The maximum Gasteiger partial charge on any atom is 0.177 e. The second-order valence-corrected chi connectivity index (χ2v) is 4.56. The summed E-state index contributed by atoms with van der Waals surface area (Å²) in [6, 6.07) is 3.53. The minimum Gasteiger partial charge on any atom is -0.492 e. The van der Waals surface area contributed by atoms with Crippen LogP contribution >= 0.6 is 15.9 Å². The van der Waals surface area contributed by atoms with Crippen LogP contribution in [0.4, 0.5) is 10.1 Å². The van der Waals surface area contributed by atoms with Crippen LogP contribution in [-0.2, 0) is 0 Å². The van der Waals surface area contributed by atoms with Crippen LogP contribution in [0, 0.1) is 5.82 Å². The highest BCUT2D eigenvalue weighted by Gasteiger charge is 2.15. The fourth-order valence-electron chi connectivity index (χ4n) is 1.29. The van der Waals surface area contributed by atoms with Crippen LogP contribution in [-0.4, -0.2) is 20.2 Å². The van der Waals surface area contributed by atoms with Gasteiger partial charge in [-0.05, 0) is 26.0 Å². The Labute approximate surface area is 98.2 Å². The molecule has 0 atom stereocenters. The largest absolute Gasteiger partial charge is 0.492 e. The van der Waals surface area contributed by atoms with E-state index >= 15 is 0 Å². The van der Waals surface area contributed by atoms with E-state index in [0.29, 0.717) is 4.47 Å². The molecule has 0 amide bonds. The number of anilines is 1. The first-order valence-electron chi connectivity index (χ1n) is 4.73. The van der Waals surface area contributed by atoms with Crippen molar-refractivity contribution in [2.75, 3.05) is 19.1 Å². The molecule has 0 spiro atoms. The van der Waals surface area contributed by atoms with Gasteiger partial charge >= 0.3 is 0 Å². The van der Waals surface area contributed by atoms with Gasteiger partial charge in [0.05, 0.1) is 12.8 Å². The summed E-state index contributed by atoms with van der Waals surface area (Å²) in [6.07, 6.45) is 0. The lowest BCUT2D eigenvalue weighted by atomic mass is 10.2. The predicted octanol–water partition coefficient (Wildman–Crippen LogP) is 3.44. The number of benzene rings is 1. The van der Waals surface area contributed by atoms with Gasteiger partial charge in [0.15, 0.2) is 11.6 Å². The summed E-state index contributed by atoms with van der Waals surface area (Å²) in [6.45, 7) is 4.08. The van der Waals surface area contributed by atoms with Crippen LogP contribution in [0.3, 0.4) is 0 Å². The molecule has 84 valence electrons. The predicted molar refractivity (Wildman–Crippen MR) is 64.2 cm³/mol. The maximum atomic E-state index is 13.6. The lowest BCUT2D eigenvalue weighted by Crippen LogP contribution is -2.26. The summed E-state index contributed by atoms with van der Waals surface area (Å²) in [4.78, 5) is 1.96. The van der Waals surface area contributed by atoms with Crippen molar-refractivity contribution >= 4 is 21.6 Å². The van der Waals surface area contributed by atoms with Crippen molar-refractivity contribution < 1.29 is 9.13 Å². The van der Waals surface area contributed by atoms with Gasteiger partial charge in [0.25, 0.3) is 0 Å². The highest BCUT2D eigenvalue weighted by Crippen LogP contribution is 2.34. The van der Waals surface area contributed by atoms with Crippen molar-refractivity contribution in [1.29, 1.82) is 0 Å². The van der Waals surface area contributed by atoms with Gasteiger partial charge in [-0.25, -0.2) is 4.39 Å². The third-order valence-corrected chi connectivity index (χ3v) is 2.81. The molecule has 0 radical (unpaired) electrons. The third-order valence-electron chi connectivity index (χ3n) is 2.35. The fourth-order valence-corrected chi connectivity index (χ4v) is 1.71. The molecule has 1 aromatic carbocycles. The molecule has 0 saturated heterocycles. The summed E-state index contributed by atoms with van der Waals surface area (Å²) in [7, 11) is 3.39. The van der Waals surface area contributed by atoms with Crippen molar-refractivity contribution in [2.45, 2.75) is 19.9 Å². The van der Waals surface area contributed by atoms with Gasteiger partial charge in [0.1, 0.15) is 0 Å². The monoisotopic (exact) mass is 275 g/mol. The maximum absolute atomic E-state index is 13.6. The Hall–Kier alpha value is -0.770. The highest BCUT2D eigenvalue weighted by atomic mass is 79.9. The third kappa shape index (κ3) is 2.62. The average Bonchev–Trinajstić information content (AvgIpc) is 2.15. The van der Waals surface area contributed by atoms with Crippen molar-refractivity contribution in [1.82, 2.24) is 0 Å². The number of hydrogen-bond donors (Lipinski definition) is 0. The molecule has 0 N–H and O–H groups in total. The lowest BCUT2D eigenvalue weighted by Gasteiger charge is -2.26. The molecule has 2 nitrogen and oxygen atoms in total. The smallest absolute Gasteiger partial charge is 0.177 e. The number of methoxy groups -OCH3 is 1. The van der Waals surface area contributed by atoms with Crippen LogP contribution in [0.1, 0.15) is 13.8 Å². The molecule has 15 heavy (non-hydrogen) atoms. The normalized spacial score (nSPS) is 10.6. The topological polar surface area (TPSA) is 12.5 Å². The first kappa shape index (κ1) is 12.3. The van der Waals surface area contributed by atoms with Gasteiger partial charge in [0.2, 0.25) is 0 Å². The van der Waals surface area contributed by atoms with E-state index in [1.807, 2.05) is 31.9 Å². The molecule has 0 aliphatic carbocycles. The molecular formula is C11H15BrFNO. The first-order valence-corrected chi connectivity index (χ1v) is 5.52. The number of hydrogen-bond acceptors (Lipinski definition) is 2. The Morgan fingerprint density at radius 1 is 1.40 bits per heavy atom. The van der Waals surface area contributed by atoms with E-state index in [2.05, 4.69) is 15.9 Å². The molecule has 0 aromatic heterocycles. The van der Waals surface area contributed by atoms with Gasteiger partial charge in [-0.15, -0.1) is 0 Å². The molecule has 1 aromatic rings. The number of ether oxygens (including phenoxy) is 1. The van der Waals surface area contributed by atoms with E-state index in [1.165, 1.54) is 13.2 Å². The Kier molecular flexibility index (Phi) is 3.97. The van der Waals surface area contributed by atoms with Crippen LogP contribution in [0.5, 0.6) is 5.75 Å². The minimum absolute atomic E-state index is 0.285. The van der Waals surface area contributed by atoms with Gasteiger partial charge < -0.3 is 9.64 Å². The number of rotatable bonds is 3. The SMILES string of the molecule is COc1c(F)cc(Br)cc1N(C)C(C)C. The molecule has 0 aliphatic rings. The van der Waals surface area contributed by atoms with Crippen LogP contribution in [0.15, 0.2) is 16.6 Å². The minimum atomic E-state index is -0.352. The van der Waals surface area contributed by atoms with E-state index < -0.39 is 0 Å². The standard InChI is InChI=1S/C11H15BrFNO/c1-7(2)14(3)10-6-8(12)5-9(13)11(10)15-4/h5-7H,1-4H3. The van der Waals surface area contributed by atoms with E-state index in [4.69, 9.17) is 4.74 Å². The molecule has 0 bridgehead atoms. The molecular weight excluding hydrogens is 261 g/mol. The average molecular weight is 276 g/mol. The van der Waals surface area contributed by atoms with Gasteiger partial charge in [-0.1, -0.05) is 15.9 Å². The van der Waals surface area contributed by atoms with Gasteiger partial charge in [0, 0.05) is 17.6 Å². The molecule has 0 unspecified atom stereocenters. The summed E-state index contributed by atoms with van der Waals surface area (Å²) < 4.78 is 19.3. The van der Waals surface area contributed by atoms with Crippen LogP contribution in [0.2, 0.25) is 0 Å². The fraction of sp³-hybridized carbons (Fsp3) is 0.455. The summed E-state index contributed by atoms with van der Waals surface area (Å²) in [5, 5.41) is 0. The summed E-state index contributed by atoms with van der Waals surface area (Å²) in [5.74, 6) is -0.0659. The van der Waals surface area contributed by atoms with E-state index in [0.717, 1.165) is 5.69 Å². The molecule has 0 saturated carbocycles. The first-order chi connectivity index (χ1) is 6.97. The second-order valence-electron chi connectivity index (χ2n) is 3.64. The Bertz CT molecular complexity index is 355. The summed E-state index contributed by atoms with van der Waals surface area (Å²) >= 11 is 3.27. The van der Waals surface area contributed by atoms with Gasteiger partial charge in [-0.2, -0.15) is 0 Å². The Morgan fingerprint density at radius 3 is 2.47 bits per heavy atom. The van der Waals surface area contributed by atoms with Crippen molar-refractivity contribution in [3.05, 3.63) is 22.4 Å². The number of halogens is 2. The highest BCUT2D eigenvalue weighted by molar-refractivity contribution is 9.10. The molecule has 4 heteroatoms. The van der Waals surface area contributed by atoms with Crippen LogP contribution < -0.4 is 9.64 Å². The lowest BCUT2D eigenvalue weighted by molar-refractivity contribution is 0.386. The van der Waals surface area contributed by atoms with E-state index in [-0.39, 0.29) is 17.6 Å². The zero-order valence-electron chi connectivity index (χ0n) is 9.34. The molecule has 0 aliphatic heterocycles. The summed E-state index contributed by atoms with van der Waals surface area (Å²) in [5.41, 5.74) is 0.749. The number of nitrogens with zero attached hydrogens (tertiary/aromatic N) is 1.